The zero-order valence-electron chi connectivity index (χ0n) is 18.8. The summed E-state index contributed by atoms with van der Waals surface area (Å²) in [5, 5.41) is 13.5. The van der Waals surface area contributed by atoms with E-state index in [2.05, 4.69) is 10.0 Å². The monoisotopic (exact) mass is 511 g/mol. The summed E-state index contributed by atoms with van der Waals surface area (Å²) in [6.07, 6.45) is 2.25. The van der Waals surface area contributed by atoms with Gasteiger partial charge in [0, 0.05) is 29.8 Å². The number of β-lactam (4-membered cyclic amide) rings is 1. The summed E-state index contributed by atoms with van der Waals surface area (Å²) in [6.45, 7) is 3.84. The van der Waals surface area contributed by atoms with Crippen molar-refractivity contribution in [2.75, 3.05) is 20.1 Å². The third-order valence-electron chi connectivity index (χ3n) is 6.09. The van der Waals surface area contributed by atoms with Gasteiger partial charge in [0.1, 0.15) is 17.5 Å². The van der Waals surface area contributed by atoms with Crippen LogP contribution >= 0.6 is 22.4 Å². The van der Waals surface area contributed by atoms with Gasteiger partial charge in [-0.1, -0.05) is 16.7 Å². The van der Waals surface area contributed by atoms with Gasteiger partial charge in [-0.3, -0.25) is 28.8 Å². The van der Waals surface area contributed by atoms with E-state index in [-0.39, 0.29) is 19.5 Å². The average Bonchev–Trinajstić information content (AvgIpc) is 3.29. The number of nitrogens with zero attached hydrogens (tertiary/aromatic N) is 3. The van der Waals surface area contributed by atoms with Crippen molar-refractivity contribution in [1.29, 1.82) is 0 Å². The number of carboxylic acids is 1. The summed E-state index contributed by atoms with van der Waals surface area (Å²) in [5.74, 6) is -3.59. The van der Waals surface area contributed by atoms with Gasteiger partial charge in [0.05, 0.1) is 6.42 Å². The van der Waals surface area contributed by atoms with Crippen LogP contribution in [0.5, 0.6) is 0 Å². The Labute approximate surface area is 202 Å². The van der Waals surface area contributed by atoms with Crippen LogP contribution in [0.3, 0.4) is 0 Å². The van der Waals surface area contributed by atoms with E-state index < -0.39 is 68.5 Å². The number of hydrogen-bond donors (Lipinski definition) is 3. The molecule has 0 aromatic rings. The summed E-state index contributed by atoms with van der Waals surface area (Å²) < 4.78 is 2.01. The molecule has 0 spiro atoms. The Bertz CT molecular complexity index is 1070. The van der Waals surface area contributed by atoms with E-state index in [1.807, 2.05) is 0 Å². The van der Waals surface area contributed by atoms with Crippen LogP contribution in [0.15, 0.2) is 11.0 Å². The predicted octanol–water partition coefficient (Wildman–Crippen LogP) is -0.708. The van der Waals surface area contributed by atoms with Crippen LogP contribution in [-0.2, 0) is 24.0 Å². The minimum atomic E-state index is -1.08. The highest BCUT2D eigenvalue weighted by molar-refractivity contribution is 8.17. The number of nitrogens with one attached hydrogen (secondary N) is 2. The molecule has 0 aromatic carbocycles. The summed E-state index contributed by atoms with van der Waals surface area (Å²) in [7, 11) is 0.576. The lowest BCUT2D eigenvalue weighted by Crippen LogP contribution is -2.70. The topological polar surface area (TPSA) is 156 Å². The van der Waals surface area contributed by atoms with Gasteiger partial charge >= 0.3 is 23.8 Å². The number of carbonyl (C=O) groups excluding carboxylic acids is 5. The number of aliphatic carboxylic acids is 1. The smallest absolute Gasteiger partial charge is 0.334 e. The Hall–Kier alpha value is -2.87. The molecule has 12 nitrogen and oxygen atoms in total. The molecular formula is C20H25N5O7S2. The van der Waals surface area contributed by atoms with Gasteiger partial charge < -0.3 is 20.2 Å². The van der Waals surface area contributed by atoms with E-state index >= 15 is 0 Å². The van der Waals surface area contributed by atoms with Crippen molar-refractivity contribution in [3.63, 3.8) is 0 Å². The lowest BCUT2D eigenvalue weighted by Gasteiger charge is -2.43. The van der Waals surface area contributed by atoms with Gasteiger partial charge in [-0.2, -0.15) is 0 Å². The van der Waals surface area contributed by atoms with E-state index in [1.54, 1.807) is 25.3 Å². The number of likely N-dealkylation sites (N-methyl/N-ethyl adjacent to an activating group) is 1. The minimum Gasteiger partial charge on any atom is -0.480 e. The number of thioether (sulfide) groups is 1. The molecule has 1 unspecified atom stereocenters. The van der Waals surface area contributed by atoms with Crippen molar-refractivity contribution < 1.29 is 33.9 Å². The SMILES string of the molecule is CN1CCN(C(=O)NS2=CCC=C2CC(=O)N[C@@H]2C(=O)N3[C@@H]2SC(C)(C)[C@@H]3C(=O)O)C(=O)C1=O. The maximum atomic E-state index is 12.7. The lowest BCUT2D eigenvalue weighted by atomic mass is 9.96. The molecule has 4 heterocycles. The molecule has 0 bridgehead atoms. The van der Waals surface area contributed by atoms with E-state index in [4.69, 9.17) is 0 Å². The number of carbonyl (C=O) groups is 6. The molecule has 14 heteroatoms. The Morgan fingerprint density at radius 2 is 1.91 bits per heavy atom. The Balaban J connectivity index is 1.34. The largest absolute Gasteiger partial charge is 0.480 e. The lowest BCUT2D eigenvalue weighted by molar-refractivity contribution is -0.161. The molecule has 4 atom stereocenters. The Morgan fingerprint density at radius 3 is 2.59 bits per heavy atom. The van der Waals surface area contributed by atoms with Crippen LogP contribution < -0.4 is 10.0 Å². The van der Waals surface area contributed by atoms with Crippen LogP contribution in [0.25, 0.3) is 0 Å². The molecule has 4 aliphatic rings. The van der Waals surface area contributed by atoms with Crippen molar-refractivity contribution in [3.05, 3.63) is 11.0 Å². The zero-order valence-corrected chi connectivity index (χ0v) is 20.4. The first-order chi connectivity index (χ1) is 15.9. The summed E-state index contributed by atoms with van der Waals surface area (Å²) >= 11 is 1.34. The number of rotatable bonds is 5. The molecule has 3 N–H and O–H groups in total. The third kappa shape index (κ3) is 4.08. The van der Waals surface area contributed by atoms with Gasteiger partial charge in [-0.25, -0.2) is 9.59 Å². The maximum Gasteiger partial charge on any atom is 0.334 e. The fourth-order valence-corrected chi connectivity index (χ4v) is 7.54. The van der Waals surface area contributed by atoms with E-state index in [0.29, 0.717) is 11.3 Å². The van der Waals surface area contributed by atoms with Crippen LogP contribution in [0.4, 0.5) is 4.79 Å². The standard InChI is InChI=1S/C20H25N5O7S2/c1-20(2)13(18(30)31)25-14(27)12(17(25)33-20)21-11(26)9-10-5-4-8-34(10)22-19(32)24-7-6-23(3)15(28)16(24)29/h5,8,12-13,17H,4,6-7,9H2,1-3H3,(H,21,26)(H,22,32)(H,30,31)/t12-,13+,17-,34?/m1/s1. The summed E-state index contributed by atoms with van der Waals surface area (Å²) in [4.78, 5) is 77.5. The number of allylic oxidation sites excluding steroid dienone is 1. The van der Waals surface area contributed by atoms with Crippen molar-refractivity contribution in [3.8, 4) is 0 Å². The van der Waals surface area contributed by atoms with Crippen molar-refractivity contribution in [2.24, 2.45) is 0 Å². The highest BCUT2D eigenvalue weighted by Crippen LogP contribution is 2.50. The number of imide groups is 1. The molecule has 4 aliphatic heterocycles. The third-order valence-corrected chi connectivity index (χ3v) is 9.46. The van der Waals surface area contributed by atoms with Crippen LogP contribution in [0.1, 0.15) is 26.7 Å². The highest BCUT2D eigenvalue weighted by Gasteiger charge is 2.64. The molecule has 4 rings (SSSR count). The first kappa shape index (κ1) is 24.3. The molecule has 0 saturated carbocycles. The summed E-state index contributed by atoms with van der Waals surface area (Å²) in [6, 6.07) is -2.47. The fourth-order valence-electron chi connectivity index (χ4n) is 4.33. The maximum absolute atomic E-state index is 12.7. The number of carboxylic acid groups (broad SMARTS) is 1. The van der Waals surface area contributed by atoms with Gasteiger partial charge in [0.25, 0.3) is 0 Å². The second-order valence-corrected chi connectivity index (χ2v) is 12.3. The van der Waals surface area contributed by atoms with Crippen LogP contribution in [0, 0.1) is 0 Å². The molecule has 3 saturated heterocycles. The molecule has 6 amide bonds. The van der Waals surface area contributed by atoms with Crippen LogP contribution in [-0.4, -0.2) is 103 Å². The van der Waals surface area contributed by atoms with Crippen molar-refractivity contribution in [1.82, 2.24) is 24.7 Å². The molecule has 0 aliphatic carbocycles. The number of piperazine rings is 1. The number of fused-ring (bicyclic) bond motifs is 1. The van der Waals surface area contributed by atoms with Crippen molar-refractivity contribution >= 4 is 63.4 Å². The van der Waals surface area contributed by atoms with Gasteiger partial charge in [-0.05, 0) is 25.6 Å². The predicted molar refractivity (Wildman–Crippen MR) is 125 cm³/mol. The molecule has 34 heavy (non-hydrogen) atoms. The van der Waals surface area contributed by atoms with Crippen molar-refractivity contribution in [2.45, 2.75) is 48.9 Å². The Morgan fingerprint density at radius 1 is 1.21 bits per heavy atom. The molecule has 3 fully saturated rings. The number of urea groups is 1. The number of amides is 6. The van der Waals surface area contributed by atoms with E-state index in [1.165, 1.54) is 28.6 Å². The first-order valence-corrected chi connectivity index (χ1v) is 12.7. The highest BCUT2D eigenvalue weighted by atomic mass is 32.2. The molecule has 184 valence electrons. The van der Waals surface area contributed by atoms with E-state index in [0.717, 1.165) is 4.90 Å². The zero-order chi connectivity index (χ0) is 24.9. The van der Waals surface area contributed by atoms with Crippen LogP contribution in [0.2, 0.25) is 0 Å². The second kappa shape index (κ2) is 8.73. The molecule has 0 aromatic heterocycles. The number of hydrogen-bond acceptors (Lipinski definition) is 7. The second-order valence-electron chi connectivity index (χ2n) is 8.82. The Kier molecular flexibility index (Phi) is 6.23. The fraction of sp³-hybridized carbons (Fsp3) is 0.550. The first-order valence-electron chi connectivity index (χ1n) is 10.6. The summed E-state index contributed by atoms with van der Waals surface area (Å²) in [5.41, 5.74) is 0. The normalized spacial score (nSPS) is 29.8. The minimum absolute atomic E-state index is 0.0670. The van der Waals surface area contributed by atoms with E-state index in [9.17, 15) is 33.9 Å². The van der Waals surface area contributed by atoms with Gasteiger partial charge in [0.15, 0.2) is 0 Å². The molecular weight excluding hydrogens is 486 g/mol. The average molecular weight is 512 g/mol. The quantitative estimate of drug-likeness (QED) is 0.248. The molecule has 0 radical (unpaired) electrons. The van der Waals surface area contributed by atoms with Gasteiger partial charge in [-0.15, -0.1) is 11.8 Å². The van der Waals surface area contributed by atoms with Gasteiger partial charge in [0.2, 0.25) is 11.8 Å².